The van der Waals surface area contributed by atoms with E-state index in [4.69, 9.17) is 24.7 Å². The van der Waals surface area contributed by atoms with Gasteiger partial charge in [-0.25, -0.2) is 4.68 Å². The van der Waals surface area contributed by atoms with Gasteiger partial charge in [-0.15, -0.1) is 5.10 Å². The number of pyridine rings is 1. The average molecular weight is 547 g/mol. The summed E-state index contributed by atoms with van der Waals surface area (Å²) in [4.78, 5) is 7.40. The molecule has 0 unspecified atom stereocenters. The number of fused-ring (bicyclic) bond motifs is 5. The number of H-pyrrole nitrogens is 1. The van der Waals surface area contributed by atoms with Gasteiger partial charge < -0.3 is 14.6 Å². The van der Waals surface area contributed by atoms with E-state index in [2.05, 4.69) is 34.2 Å². The summed E-state index contributed by atoms with van der Waals surface area (Å²) in [5.74, 6) is 1.28. The van der Waals surface area contributed by atoms with E-state index in [1.165, 1.54) is 0 Å². The van der Waals surface area contributed by atoms with E-state index in [1.807, 2.05) is 50.2 Å². The number of nitrogens with zero attached hydrogens (tertiary/aromatic N) is 7. The van der Waals surface area contributed by atoms with Crippen molar-refractivity contribution in [1.29, 1.82) is 0 Å². The Morgan fingerprint density at radius 2 is 2.05 bits per heavy atom. The Balaban J connectivity index is 1.60. The Morgan fingerprint density at radius 3 is 2.83 bits per heavy atom. The molecule has 11 heteroatoms. The van der Waals surface area contributed by atoms with Gasteiger partial charge in [0.2, 0.25) is 11.8 Å². The summed E-state index contributed by atoms with van der Waals surface area (Å²) in [7, 11) is 1.92. The van der Waals surface area contributed by atoms with Crippen molar-refractivity contribution in [2.75, 3.05) is 19.8 Å². The summed E-state index contributed by atoms with van der Waals surface area (Å²) in [6.07, 6.45) is 6.11. The van der Waals surface area contributed by atoms with Crippen molar-refractivity contribution in [2.24, 2.45) is 7.05 Å². The Labute approximate surface area is 233 Å². The summed E-state index contributed by atoms with van der Waals surface area (Å²) in [5.41, 5.74) is 7.03. The molecule has 6 rings (SSSR count). The second kappa shape index (κ2) is 10.4. The molecule has 40 heavy (non-hydrogen) atoms. The van der Waals surface area contributed by atoms with Crippen LogP contribution >= 0.6 is 0 Å². The van der Waals surface area contributed by atoms with Gasteiger partial charge >= 0.3 is 0 Å². The monoisotopic (exact) mass is 546 g/mol. The van der Waals surface area contributed by atoms with Crippen LogP contribution in [0.3, 0.4) is 0 Å². The maximum absolute atomic E-state index is 10.1. The normalized spacial score (nSPS) is 20.9. The van der Waals surface area contributed by atoms with E-state index in [1.54, 1.807) is 0 Å². The minimum atomic E-state index is -0.197. The van der Waals surface area contributed by atoms with Gasteiger partial charge in [-0.1, -0.05) is 0 Å². The van der Waals surface area contributed by atoms with Crippen molar-refractivity contribution < 1.29 is 14.6 Å². The highest BCUT2D eigenvalue weighted by Crippen LogP contribution is 2.38. The number of aryl methyl sites for hydroxylation is 3. The molecule has 2 bridgehead atoms. The van der Waals surface area contributed by atoms with Crippen LogP contribution in [-0.4, -0.2) is 76.7 Å². The fourth-order valence-corrected chi connectivity index (χ4v) is 6.17. The van der Waals surface area contributed by atoms with Gasteiger partial charge in [0.05, 0.1) is 58.9 Å². The Morgan fingerprint density at radius 1 is 1.23 bits per heavy atom. The van der Waals surface area contributed by atoms with E-state index < -0.39 is 0 Å². The molecule has 0 spiro atoms. The SMILES string of the molecule is CCOc1nn([C@@H](C)CO)c2c1/C=C/c1[nH]nc3c(C)nc(cc13)-c1c(C)nn(C)c1O[C@@H](C)[C@H]1CCCN1C2. The van der Waals surface area contributed by atoms with Crippen molar-refractivity contribution in [3.63, 3.8) is 0 Å². The largest absolute Gasteiger partial charge is 0.476 e. The fraction of sp³-hybridized carbons (Fsp3) is 0.517. The zero-order chi connectivity index (χ0) is 28.1. The number of rotatable bonds is 4. The summed E-state index contributed by atoms with van der Waals surface area (Å²) >= 11 is 0. The lowest BCUT2D eigenvalue weighted by Crippen LogP contribution is -2.41. The third-order valence-corrected chi connectivity index (χ3v) is 8.17. The highest BCUT2D eigenvalue weighted by atomic mass is 16.5. The number of hydrogen-bond donors (Lipinski definition) is 2. The van der Waals surface area contributed by atoms with Crippen molar-refractivity contribution in [1.82, 2.24) is 39.6 Å². The van der Waals surface area contributed by atoms with E-state index in [9.17, 15) is 5.11 Å². The van der Waals surface area contributed by atoms with Crippen LogP contribution in [0.15, 0.2) is 6.07 Å². The molecule has 11 nitrogen and oxygen atoms in total. The Bertz CT molecular complexity index is 1580. The molecule has 2 N–H and O–H groups in total. The summed E-state index contributed by atoms with van der Waals surface area (Å²) in [6.45, 7) is 12.1. The van der Waals surface area contributed by atoms with Gasteiger partial charge in [0.25, 0.3) is 0 Å². The maximum Gasteiger partial charge on any atom is 0.240 e. The van der Waals surface area contributed by atoms with Gasteiger partial charge in [-0.3, -0.25) is 19.7 Å². The van der Waals surface area contributed by atoms with E-state index in [0.717, 1.165) is 75.8 Å². The highest BCUT2D eigenvalue weighted by Gasteiger charge is 2.34. The molecule has 1 fully saturated rings. The third-order valence-electron chi connectivity index (χ3n) is 8.17. The van der Waals surface area contributed by atoms with Crippen LogP contribution in [0.4, 0.5) is 0 Å². The number of nitrogens with one attached hydrogen (secondary N) is 1. The first-order valence-corrected chi connectivity index (χ1v) is 14.1. The van der Waals surface area contributed by atoms with Crippen LogP contribution in [0.2, 0.25) is 0 Å². The van der Waals surface area contributed by atoms with Crippen LogP contribution in [0.5, 0.6) is 11.8 Å². The number of hydrogen-bond acceptors (Lipinski definition) is 8. The first kappa shape index (κ1) is 26.5. The predicted octanol–water partition coefficient (Wildman–Crippen LogP) is 4.04. The number of aromatic nitrogens is 7. The summed E-state index contributed by atoms with van der Waals surface area (Å²) < 4.78 is 16.5. The molecular formula is C29H38N8O3. The quantitative estimate of drug-likeness (QED) is 0.394. The second-order valence-corrected chi connectivity index (χ2v) is 10.9. The molecule has 3 atom stereocenters. The van der Waals surface area contributed by atoms with Gasteiger partial charge in [0.1, 0.15) is 11.6 Å². The van der Waals surface area contributed by atoms with Crippen molar-refractivity contribution in [2.45, 2.75) is 72.2 Å². The van der Waals surface area contributed by atoms with Crippen LogP contribution in [0.25, 0.3) is 34.3 Å². The fourth-order valence-electron chi connectivity index (χ4n) is 6.17. The third kappa shape index (κ3) is 4.37. The van der Waals surface area contributed by atoms with Crippen molar-refractivity contribution in [3.05, 3.63) is 34.4 Å². The van der Waals surface area contributed by atoms with E-state index in [-0.39, 0.29) is 24.8 Å². The lowest BCUT2D eigenvalue weighted by molar-refractivity contribution is 0.0914. The van der Waals surface area contributed by atoms with Crippen LogP contribution < -0.4 is 9.47 Å². The zero-order valence-corrected chi connectivity index (χ0v) is 24.1. The van der Waals surface area contributed by atoms with Gasteiger partial charge in [0.15, 0.2) is 0 Å². The molecule has 4 aromatic heterocycles. The lowest BCUT2D eigenvalue weighted by atomic mass is 10.1. The maximum atomic E-state index is 10.1. The molecule has 0 amide bonds. The first-order chi connectivity index (χ1) is 19.3. The minimum absolute atomic E-state index is 0.0187. The smallest absolute Gasteiger partial charge is 0.240 e. The average Bonchev–Trinajstić information content (AvgIpc) is 3.69. The lowest BCUT2D eigenvalue weighted by Gasteiger charge is -2.30. The van der Waals surface area contributed by atoms with Crippen LogP contribution in [-0.2, 0) is 13.6 Å². The standard InChI is InChI=1S/C29H38N8O3/c1-7-39-28-20-10-11-22-21-13-23(30-18(4)27(21)32-31-22)26-17(3)33-35(6)29(26)40-19(5)24-9-8-12-36(24)14-25(20)37(34-28)16(2)15-38/h10-11,13,16,19,24,38H,7-9,12,14-15H2,1-6H3,(H,31,32)/b11-10+/t16-,19-,24+/m0/s1. The van der Waals surface area contributed by atoms with Gasteiger partial charge in [-0.05, 0) is 72.2 Å². The summed E-state index contributed by atoms with van der Waals surface area (Å²) in [5, 5.41) is 28.4. The van der Waals surface area contributed by atoms with Crippen LogP contribution in [0, 0.1) is 13.8 Å². The number of aliphatic hydroxyl groups excluding tert-OH is 1. The Hall–Kier alpha value is -3.70. The topological polar surface area (TPSA) is 119 Å². The molecule has 0 aliphatic carbocycles. The number of ether oxygens (including phenoxy) is 2. The number of aromatic amines is 1. The zero-order valence-electron chi connectivity index (χ0n) is 24.1. The summed E-state index contributed by atoms with van der Waals surface area (Å²) in [6, 6.07) is 2.07. The van der Waals surface area contributed by atoms with Gasteiger partial charge in [0, 0.05) is 25.0 Å². The van der Waals surface area contributed by atoms with Crippen molar-refractivity contribution >= 4 is 23.1 Å². The van der Waals surface area contributed by atoms with Gasteiger partial charge in [-0.2, -0.15) is 10.2 Å². The first-order valence-electron chi connectivity index (χ1n) is 14.1. The highest BCUT2D eigenvalue weighted by molar-refractivity contribution is 5.93. The molecule has 0 radical (unpaired) electrons. The van der Waals surface area contributed by atoms with Crippen molar-refractivity contribution in [3.8, 4) is 23.0 Å². The minimum Gasteiger partial charge on any atom is -0.476 e. The molecule has 6 heterocycles. The molecular weight excluding hydrogens is 508 g/mol. The molecule has 212 valence electrons. The van der Waals surface area contributed by atoms with E-state index >= 15 is 0 Å². The molecule has 2 aliphatic heterocycles. The second-order valence-electron chi connectivity index (χ2n) is 10.9. The molecule has 4 aromatic rings. The molecule has 0 aromatic carbocycles. The Kier molecular flexibility index (Phi) is 6.87. The number of aliphatic hydroxyl groups is 1. The molecule has 1 saturated heterocycles. The molecule has 0 saturated carbocycles. The van der Waals surface area contributed by atoms with E-state index in [0.29, 0.717) is 19.0 Å². The predicted molar refractivity (Wildman–Crippen MR) is 153 cm³/mol. The molecule has 2 aliphatic rings. The van der Waals surface area contributed by atoms with Crippen LogP contribution in [0.1, 0.15) is 68.0 Å².